The van der Waals surface area contributed by atoms with Gasteiger partial charge in [-0.25, -0.2) is 0 Å². The highest BCUT2D eigenvalue weighted by molar-refractivity contribution is 9.10. The third-order valence-corrected chi connectivity index (χ3v) is 3.21. The van der Waals surface area contributed by atoms with Gasteiger partial charge in [0.05, 0.1) is 11.6 Å². The molecule has 1 rings (SSSR count). The van der Waals surface area contributed by atoms with Crippen molar-refractivity contribution in [1.82, 2.24) is 0 Å². The second-order valence-electron chi connectivity index (χ2n) is 3.43. The van der Waals surface area contributed by atoms with Gasteiger partial charge in [0.1, 0.15) is 5.75 Å². The molecule has 0 aliphatic heterocycles. The first-order valence-corrected chi connectivity index (χ1v) is 5.60. The topological polar surface area (TPSA) is 55.5 Å². The molecule has 0 amide bonds. The van der Waals surface area contributed by atoms with Crippen molar-refractivity contribution in [2.24, 2.45) is 5.73 Å². The molecule has 0 aliphatic carbocycles. The Morgan fingerprint density at radius 2 is 2.20 bits per heavy atom. The van der Waals surface area contributed by atoms with Crippen molar-refractivity contribution in [2.45, 2.75) is 19.4 Å². The molecule has 3 N–H and O–H groups in total. The summed E-state index contributed by atoms with van der Waals surface area (Å²) in [6.45, 7) is 2.08. The number of aliphatic hydroxyl groups excluding tert-OH is 1. The molecule has 0 heterocycles. The van der Waals surface area contributed by atoms with Gasteiger partial charge in [-0.1, -0.05) is 6.07 Å². The molecule has 0 saturated carbocycles. The number of hydrogen-bond donors (Lipinski definition) is 2. The normalized spacial score (nSPS) is 12.6. The van der Waals surface area contributed by atoms with Crippen LogP contribution < -0.4 is 10.5 Å². The fourth-order valence-electron chi connectivity index (χ4n) is 1.57. The van der Waals surface area contributed by atoms with Crippen molar-refractivity contribution >= 4 is 15.9 Å². The Kier molecular flexibility index (Phi) is 4.57. The number of aliphatic hydroxyl groups is 1. The minimum atomic E-state index is -0.167. The van der Waals surface area contributed by atoms with Crippen LogP contribution in [-0.2, 0) is 0 Å². The molecule has 0 radical (unpaired) electrons. The van der Waals surface area contributed by atoms with Crippen LogP contribution in [-0.4, -0.2) is 18.8 Å². The van der Waals surface area contributed by atoms with E-state index < -0.39 is 0 Å². The van der Waals surface area contributed by atoms with Crippen LogP contribution in [0.25, 0.3) is 0 Å². The summed E-state index contributed by atoms with van der Waals surface area (Å²) in [4.78, 5) is 0. The van der Waals surface area contributed by atoms with E-state index in [-0.39, 0.29) is 12.6 Å². The van der Waals surface area contributed by atoms with E-state index in [4.69, 9.17) is 15.6 Å². The van der Waals surface area contributed by atoms with Crippen molar-refractivity contribution in [1.29, 1.82) is 0 Å². The van der Waals surface area contributed by atoms with Crippen molar-refractivity contribution in [2.75, 3.05) is 13.7 Å². The van der Waals surface area contributed by atoms with E-state index in [0.717, 1.165) is 21.3 Å². The molecule has 0 aromatic heterocycles. The fraction of sp³-hybridized carbons (Fsp3) is 0.455. The third-order valence-electron chi connectivity index (χ3n) is 2.39. The van der Waals surface area contributed by atoms with Crippen molar-refractivity contribution in [3.63, 3.8) is 0 Å². The molecule has 0 spiro atoms. The zero-order chi connectivity index (χ0) is 11.4. The zero-order valence-electron chi connectivity index (χ0n) is 8.96. The lowest BCUT2D eigenvalue weighted by molar-refractivity contribution is 0.276. The average Bonchev–Trinajstić information content (AvgIpc) is 2.18. The number of ether oxygens (including phenoxy) is 1. The minimum absolute atomic E-state index is 0.0876. The summed E-state index contributed by atoms with van der Waals surface area (Å²) in [6, 6.07) is 3.70. The van der Waals surface area contributed by atoms with E-state index in [1.165, 1.54) is 0 Å². The maximum Gasteiger partial charge on any atom is 0.133 e. The second kappa shape index (κ2) is 5.49. The van der Waals surface area contributed by atoms with E-state index in [0.29, 0.717) is 6.42 Å². The Labute approximate surface area is 98.4 Å². The number of aryl methyl sites for hydroxylation is 1. The van der Waals surface area contributed by atoms with E-state index >= 15 is 0 Å². The largest absolute Gasteiger partial charge is 0.496 e. The molecule has 0 fully saturated rings. The molecule has 84 valence electrons. The van der Waals surface area contributed by atoms with E-state index in [2.05, 4.69) is 15.9 Å². The van der Waals surface area contributed by atoms with Gasteiger partial charge in [-0.2, -0.15) is 0 Å². The molecule has 0 aliphatic rings. The molecule has 1 atom stereocenters. The molecule has 15 heavy (non-hydrogen) atoms. The predicted octanol–water partition coefficient (Wildman–Crippen LogP) is 2.15. The lowest BCUT2D eigenvalue weighted by Gasteiger charge is -2.17. The van der Waals surface area contributed by atoms with Crippen LogP contribution in [0.15, 0.2) is 16.6 Å². The Bertz CT molecular complexity index is 342. The summed E-state index contributed by atoms with van der Waals surface area (Å²) in [6.07, 6.45) is 0.548. The molecule has 1 unspecified atom stereocenters. The van der Waals surface area contributed by atoms with Crippen LogP contribution >= 0.6 is 15.9 Å². The Morgan fingerprint density at radius 1 is 1.53 bits per heavy atom. The lowest BCUT2D eigenvalue weighted by Crippen LogP contribution is -2.14. The number of nitrogens with two attached hydrogens (primary N) is 1. The van der Waals surface area contributed by atoms with Gasteiger partial charge in [0.15, 0.2) is 0 Å². The number of methoxy groups -OCH3 is 1. The molecule has 1 aromatic carbocycles. The van der Waals surface area contributed by atoms with Crippen LogP contribution in [0.2, 0.25) is 0 Å². The standard InChI is InChI=1S/C11H16BrNO2/c1-7-3-4-9(15-2)11(12)10(7)8(13)5-6-14/h3-4,8,14H,5-6,13H2,1-2H3. The van der Waals surface area contributed by atoms with Crippen molar-refractivity contribution in [3.8, 4) is 5.75 Å². The van der Waals surface area contributed by atoms with Crippen molar-refractivity contribution < 1.29 is 9.84 Å². The van der Waals surface area contributed by atoms with Crippen LogP contribution in [0.1, 0.15) is 23.6 Å². The first-order valence-electron chi connectivity index (χ1n) is 4.81. The van der Waals surface area contributed by atoms with Crippen LogP contribution in [0.4, 0.5) is 0 Å². The number of hydrogen-bond acceptors (Lipinski definition) is 3. The highest BCUT2D eigenvalue weighted by Crippen LogP contribution is 2.34. The van der Waals surface area contributed by atoms with Gasteiger partial charge >= 0.3 is 0 Å². The summed E-state index contributed by atoms with van der Waals surface area (Å²) >= 11 is 3.48. The smallest absolute Gasteiger partial charge is 0.133 e. The van der Waals surface area contributed by atoms with E-state index in [1.807, 2.05) is 19.1 Å². The Hall–Kier alpha value is -0.580. The van der Waals surface area contributed by atoms with Crippen LogP contribution in [0.5, 0.6) is 5.75 Å². The van der Waals surface area contributed by atoms with Gasteiger partial charge in [0.25, 0.3) is 0 Å². The number of halogens is 1. The van der Waals surface area contributed by atoms with E-state index in [1.54, 1.807) is 7.11 Å². The molecule has 3 nitrogen and oxygen atoms in total. The molecule has 4 heteroatoms. The van der Waals surface area contributed by atoms with Gasteiger partial charge in [-0.05, 0) is 46.5 Å². The van der Waals surface area contributed by atoms with Gasteiger partial charge in [0.2, 0.25) is 0 Å². The van der Waals surface area contributed by atoms with E-state index in [9.17, 15) is 0 Å². The SMILES string of the molecule is COc1ccc(C)c(C(N)CCO)c1Br. The monoisotopic (exact) mass is 273 g/mol. The highest BCUT2D eigenvalue weighted by Gasteiger charge is 2.15. The molecular weight excluding hydrogens is 258 g/mol. The maximum atomic E-state index is 8.88. The summed E-state index contributed by atoms with van der Waals surface area (Å²) < 4.78 is 6.08. The first kappa shape index (κ1) is 12.5. The van der Waals surface area contributed by atoms with Gasteiger partial charge in [0, 0.05) is 12.6 Å². The van der Waals surface area contributed by atoms with Crippen molar-refractivity contribution in [3.05, 3.63) is 27.7 Å². The highest BCUT2D eigenvalue weighted by atomic mass is 79.9. The first-order chi connectivity index (χ1) is 7.11. The molecule has 0 bridgehead atoms. The van der Waals surface area contributed by atoms with Crippen LogP contribution in [0, 0.1) is 6.92 Å². The molecule has 0 saturated heterocycles. The summed E-state index contributed by atoms with van der Waals surface area (Å²) in [5.74, 6) is 0.768. The Balaban J connectivity index is 3.14. The average molecular weight is 274 g/mol. The van der Waals surface area contributed by atoms with Crippen LogP contribution in [0.3, 0.4) is 0 Å². The number of benzene rings is 1. The quantitative estimate of drug-likeness (QED) is 0.884. The summed E-state index contributed by atoms with van der Waals surface area (Å²) in [5, 5.41) is 8.88. The Morgan fingerprint density at radius 3 is 2.73 bits per heavy atom. The summed E-state index contributed by atoms with van der Waals surface area (Å²) in [5.41, 5.74) is 8.09. The fourth-order valence-corrected chi connectivity index (χ4v) is 2.47. The predicted molar refractivity (Wildman–Crippen MR) is 64.1 cm³/mol. The second-order valence-corrected chi connectivity index (χ2v) is 4.22. The number of rotatable bonds is 4. The summed E-state index contributed by atoms with van der Waals surface area (Å²) in [7, 11) is 1.62. The minimum Gasteiger partial charge on any atom is -0.496 e. The van der Waals surface area contributed by atoms with Gasteiger partial charge in [-0.3, -0.25) is 0 Å². The van der Waals surface area contributed by atoms with Gasteiger partial charge < -0.3 is 15.6 Å². The molecule has 1 aromatic rings. The molecular formula is C11H16BrNO2. The third kappa shape index (κ3) is 2.71. The van der Waals surface area contributed by atoms with Gasteiger partial charge in [-0.15, -0.1) is 0 Å². The lowest BCUT2D eigenvalue weighted by atomic mass is 9.99. The zero-order valence-corrected chi connectivity index (χ0v) is 10.5. The maximum absolute atomic E-state index is 8.88.